The first-order chi connectivity index (χ1) is 8.43. The lowest BCUT2D eigenvalue weighted by atomic mass is 9.99. The summed E-state index contributed by atoms with van der Waals surface area (Å²) in [5.41, 5.74) is 2.34. The second-order valence-corrected chi connectivity index (χ2v) is 4.32. The van der Waals surface area contributed by atoms with E-state index < -0.39 is 11.6 Å². The fourth-order valence-corrected chi connectivity index (χ4v) is 2.08. The molecule has 0 fully saturated rings. The van der Waals surface area contributed by atoms with E-state index in [1.807, 2.05) is 6.92 Å². The van der Waals surface area contributed by atoms with Crippen LogP contribution in [0.25, 0.3) is 10.9 Å². The summed E-state index contributed by atoms with van der Waals surface area (Å²) in [5.74, 6) is -1.13. The number of hydrogen-bond donors (Lipinski definition) is 1. The van der Waals surface area contributed by atoms with E-state index >= 15 is 0 Å². The molecule has 0 saturated heterocycles. The Labute approximate surface area is 104 Å². The number of hydrogen-bond acceptors (Lipinski definition) is 3. The van der Waals surface area contributed by atoms with Crippen molar-refractivity contribution in [2.24, 2.45) is 0 Å². The fraction of sp³-hybridized carbons (Fsp3) is 0.214. The van der Waals surface area contributed by atoms with Crippen LogP contribution in [0.5, 0.6) is 0 Å². The van der Waals surface area contributed by atoms with Gasteiger partial charge in [0.1, 0.15) is 0 Å². The largest absolute Gasteiger partial charge is 0.360 e. The van der Waals surface area contributed by atoms with Crippen LogP contribution in [-0.2, 0) is 4.79 Å². The number of rotatable bonds is 3. The summed E-state index contributed by atoms with van der Waals surface area (Å²) < 4.78 is 0. The third-order valence-corrected chi connectivity index (χ3v) is 2.99. The molecule has 0 bridgehead atoms. The molecule has 18 heavy (non-hydrogen) atoms. The minimum absolute atomic E-state index is 0.0799. The number of Topliss-reactive ketones (excluding diaryl/α,β-unsaturated/α-hetero) is 3. The highest BCUT2D eigenvalue weighted by Gasteiger charge is 2.19. The van der Waals surface area contributed by atoms with Gasteiger partial charge in [0, 0.05) is 24.1 Å². The number of carbonyl (C=O) groups is 3. The summed E-state index contributed by atoms with van der Waals surface area (Å²) in [5, 5.41) is 0.655. The standard InChI is InChI=1S/C14H13NO3/c1-7-4-5-10(8(2)16)13-12(7)11(6-15-13)14(18)9(3)17/h4-6,15H,1-3H3. The number of benzene rings is 1. The molecule has 1 N–H and O–H groups in total. The molecule has 0 atom stereocenters. The topological polar surface area (TPSA) is 67.0 Å². The molecule has 0 aliphatic carbocycles. The molecule has 0 unspecified atom stereocenters. The molecule has 0 saturated carbocycles. The molecule has 92 valence electrons. The Hall–Kier alpha value is -2.23. The van der Waals surface area contributed by atoms with Gasteiger partial charge < -0.3 is 4.98 Å². The lowest BCUT2D eigenvalue weighted by Gasteiger charge is -2.03. The van der Waals surface area contributed by atoms with Crippen molar-refractivity contribution in [1.82, 2.24) is 4.98 Å². The molecule has 2 rings (SSSR count). The molecule has 1 aromatic heterocycles. The fourth-order valence-electron chi connectivity index (χ4n) is 2.08. The van der Waals surface area contributed by atoms with E-state index in [1.54, 1.807) is 12.1 Å². The number of aromatic amines is 1. The Balaban J connectivity index is 2.81. The average molecular weight is 243 g/mol. The maximum Gasteiger partial charge on any atom is 0.230 e. The molecule has 1 aromatic carbocycles. The van der Waals surface area contributed by atoms with Crippen LogP contribution in [-0.4, -0.2) is 22.3 Å². The summed E-state index contributed by atoms with van der Waals surface area (Å²) in [4.78, 5) is 37.4. The lowest BCUT2D eigenvalue weighted by Crippen LogP contribution is -2.09. The molecule has 0 radical (unpaired) electrons. The van der Waals surface area contributed by atoms with Crippen molar-refractivity contribution in [2.75, 3.05) is 0 Å². The molecule has 1 heterocycles. The lowest BCUT2D eigenvalue weighted by molar-refractivity contribution is -0.113. The van der Waals surface area contributed by atoms with Gasteiger partial charge in [-0.15, -0.1) is 0 Å². The Morgan fingerprint density at radius 2 is 1.72 bits per heavy atom. The van der Waals surface area contributed by atoms with E-state index in [1.165, 1.54) is 20.0 Å². The predicted octanol–water partition coefficient (Wildman–Crippen LogP) is 2.45. The molecule has 0 spiro atoms. The first-order valence-corrected chi connectivity index (χ1v) is 5.60. The van der Waals surface area contributed by atoms with Crippen LogP contribution in [0.4, 0.5) is 0 Å². The van der Waals surface area contributed by atoms with Crippen molar-refractivity contribution in [3.8, 4) is 0 Å². The summed E-state index contributed by atoms with van der Waals surface area (Å²) in [7, 11) is 0. The van der Waals surface area contributed by atoms with E-state index in [-0.39, 0.29) is 5.78 Å². The monoisotopic (exact) mass is 243 g/mol. The van der Waals surface area contributed by atoms with Crippen molar-refractivity contribution in [3.63, 3.8) is 0 Å². The zero-order valence-electron chi connectivity index (χ0n) is 10.5. The number of aromatic nitrogens is 1. The van der Waals surface area contributed by atoms with Crippen molar-refractivity contribution in [2.45, 2.75) is 20.8 Å². The summed E-state index contributed by atoms with van der Waals surface area (Å²) in [6.45, 7) is 4.56. The van der Waals surface area contributed by atoms with E-state index in [2.05, 4.69) is 4.98 Å². The Kier molecular flexibility index (Phi) is 2.87. The van der Waals surface area contributed by atoms with E-state index in [4.69, 9.17) is 0 Å². The number of carbonyl (C=O) groups excluding carboxylic acids is 3. The molecule has 0 amide bonds. The number of nitrogens with one attached hydrogen (secondary N) is 1. The van der Waals surface area contributed by atoms with Gasteiger partial charge in [-0.25, -0.2) is 0 Å². The minimum atomic E-state index is -0.537. The van der Waals surface area contributed by atoms with Crippen LogP contribution in [0.3, 0.4) is 0 Å². The third-order valence-electron chi connectivity index (χ3n) is 2.99. The van der Waals surface area contributed by atoms with Crippen molar-refractivity contribution in [1.29, 1.82) is 0 Å². The van der Waals surface area contributed by atoms with Gasteiger partial charge in [0.2, 0.25) is 5.78 Å². The average Bonchev–Trinajstić information content (AvgIpc) is 2.73. The Morgan fingerprint density at radius 1 is 1.06 bits per heavy atom. The first-order valence-electron chi connectivity index (χ1n) is 5.60. The van der Waals surface area contributed by atoms with Crippen molar-refractivity contribution < 1.29 is 14.4 Å². The summed E-state index contributed by atoms with van der Waals surface area (Å²) >= 11 is 0. The second-order valence-electron chi connectivity index (χ2n) is 4.32. The zero-order chi connectivity index (χ0) is 13.4. The van der Waals surface area contributed by atoms with Gasteiger partial charge in [0.25, 0.3) is 0 Å². The van der Waals surface area contributed by atoms with Crippen LogP contribution < -0.4 is 0 Å². The maximum atomic E-state index is 11.8. The quantitative estimate of drug-likeness (QED) is 0.665. The number of fused-ring (bicyclic) bond motifs is 1. The highest BCUT2D eigenvalue weighted by molar-refractivity contribution is 6.45. The second kappa shape index (κ2) is 4.22. The first kappa shape index (κ1) is 12.2. The van der Waals surface area contributed by atoms with Crippen LogP contribution in [0.15, 0.2) is 18.3 Å². The van der Waals surface area contributed by atoms with Crippen LogP contribution >= 0.6 is 0 Å². The zero-order valence-corrected chi connectivity index (χ0v) is 10.5. The highest BCUT2D eigenvalue weighted by Crippen LogP contribution is 2.26. The van der Waals surface area contributed by atoms with Gasteiger partial charge in [0.05, 0.1) is 11.1 Å². The molecule has 2 aromatic rings. The summed E-state index contributed by atoms with van der Waals surface area (Å²) in [6, 6.07) is 3.50. The predicted molar refractivity (Wildman–Crippen MR) is 68.1 cm³/mol. The van der Waals surface area contributed by atoms with Crippen LogP contribution in [0, 0.1) is 6.92 Å². The molecular weight excluding hydrogens is 230 g/mol. The normalized spacial score (nSPS) is 10.6. The maximum absolute atomic E-state index is 11.8. The summed E-state index contributed by atoms with van der Waals surface area (Å²) in [6.07, 6.45) is 1.49. The van der Waals surface area contributed by atoms with Crippen LogP contribution in [0.2, 0.25) is 0 Å². The van der Waals surface area contributed by atoms with Crippen LogP contribution in [0.1, 0.15) is 40.1 Å². The Morgan fingerprint density at radius 3 is 2.28 bits per heavy atom. The molecular formula is C14H13NO3. The smallest absolute Gasteiger partial charge is 0.230 e. The van der Waals surface area contributed by atoms with E-state index in [9.17, 15) is 14.4 Å². The van der Waals surface area contributed by atoms with Gasteiger partial charge in [0.15, 0.2) is 11.6 Å². The van der Waals surface area contributed by atoms with Crippen molar-refractivity contribution in [3.05, 3.63) is 35.0 Å². The van der Waals surface area contributed by atoms with Gasteiger partial charge in [-0.2, -0.15) is 0 Å². The highest BCUT2D eigenvalue weighted by atomic mass is 16.2. The molecule has 0 aliphatic rings. The number of aryl methyl sites for hydroxylation is 1. The van der Waals surface area contributed by atoms with E-state index in [0.29, 0.717) is 22.0 Å². The molecule has 0 aliphatic heterocycles. The minimum Gasteiger partial charge on any atom is -0.360 e. The van der Waals surface area contributed by atoms with Gasteiger partial charge in [-0.1, -0.05) is 6.07 Å². The molecule has 4 heteroatoms. The van der Waals surface area contributed by atoms with Crippen molar-refractivity contribution >= 4 is 28.3 Å². The number of H-pyrrole nitrogens is 1. The van der Waals surface area contributed by atoms with Gasteiger partial charge in [-0.3, -0.25) is 14.4 Å². The third kappa shape index (κ3) is 1.76. The number of ketones is 3. The SMILES string of the molecule is CC(=O)C(=O)c1c[nH]c2c(C(C)=O)ccc(C)c12. The Bertz CT molecular complexity index is 680. The van der Waals surface area contributed by atoms with Gasteiger partial charge in [-0.05, 0) is 25.5 Å². The molecule has 4 nitrogen and oxygen atoms in total. The van der Waals surface area contributed by atoms with E-state index in [0.717, 1.165) is 5.56 Å². The van der Waals surface area contributed by atoms with Gasteiger partial charge >= 0.3 is 0 Å².